The molecule has 0 heterocycles. The number of aliphatic hydroxyl groups excluding tert-OH is 1. The van der Waals surface area contributed by atoms with Gasteiger partial charge in [-0.1, -0.05) is 60.7 Å². The first-order chi connectivity index (χ1) is 18.1. The minimum Gasteiger partial charge on any atom is -0.480 e. The van der Waals surface area contributed by atoms with E-state index < -0.39 is 66.9 Å². The fourth-order valence-electron chi connectivity index (χ4n) is 3.45. The van der Waals surface area contributed by atoms with Crippen molar-refractivity contribution in [3.8, 4) is 0 Å². The standard InChI is InChI=1S/C26H33N5O7/c1-16(32)23(26(37)38)31-25(36)20(13-18-10-6-3-7-11-18)30-22(34)15-28-21(33)14-29-24(35)19(27)12-17-8-4-2-5-9-17/h2-11,16,19-20,23,32H,12-15,27H2,1H3,(H,28,33)(H,29,35)(H,30,34)(H,31,36)(H,37,38)/t16-,19+,20+,23+/m1/s1. The number of hydrogen-bond donors (Lipinski definition) is 7. The lowest BCUT2D eigenvalue weighted by Crippen LogP contribution is -2.56. The van der Waals surface area contributed by atoms with Crippen LogP contribution >= 0.6 is 0 Å². The van der Waals surface area contributed by atoms with Crippen molar-refractivity contribution in [2.24, 2.45) is 5.73 Å². The Kier molecular flexibility index (Phi) is 11.9. The van der Waals surface area contributed by atoms with Crippen LogP contribution in [0.25, 0.3) is 0 Å². The number of carboxylic acids is 1. The Morgan fingerprint density at radius 1 is 0.763 bits per heavy atom. The highest BCUT2D eigenvalue weighted by Gasteiger charge is 2.29. The first-order valence-corrected chi connectivity index (χ1v) is 11.9. The van der Waals surface area contributed by atoms with Gasteiger partial charge in [0, 0.05) is 6.42 Å². The fraction of sp³-hybridized carbons (Fsp3) is 0.346. The van der Waals surface area contributed by atoms with Crippen molar-refractivity contribution >= 4 is 29.6 Å². The van der Waals surface area contributed by atoms with E-state index in [2.05, 4.69) is 21.3 Å². The molecule has 38 heavy (non-hydrogen) atoms. The van der Waals surface area contributed by atoms with Crippen molar-refractivity contribution in [3.63, 3.8) is 0 Å². The Hall–Kier alpha value is -4.29. The van der Waals surface area contributed by atoms with E-state index >= 15 is 0 Å². The Bertz CT molecular complexity index is 1100. The summed E-state index contributed by atoms with van der Waals surface area (Å²) < 4.78 is 0. The highest BCUT2D eigenvalue weighted by molar-refractivity contribution is 5.93. The molecule has 0 fully saturated rings. The van der Waals surface area contributed by atoms with Crippen LogP contribution in [0.2, 0.25) is 0 Å². The van der Waals surface area contributed by atoms with Gasteiger partial charge < -0.3 is 37.2 Å². The Balaban J connectivity index is 1.88. The van der Waals surface area contributed by atoms with Gasteiger partial charge in [-0.05, 0) is 24.5 Å². The number of aliphatic carboxylic acids is 1. The van der Waals surface area contributed by atoms with Gasteiger partial charge in [0.1, 0.15) is 6.04 Å². The van der Waals surface area contributed by atoms with Crippen molar-refractivity contribution in [3.05, 3.63) is 71.8 Å². The molecule has 0 radical (unpaired) electrons. The maximum Gasteiger partial charge on any atom is 0.328 e. The smallest absolute Gasteiger partial charge is 0.328 e. The second kappa shape index (κ2) is 15.1. The van der Waals surface area contributed by atoms with Crippen molar-refractivity contribution in [2.45, 2.75) is 44.0 Å². The molecule has 0 aliphatic rings. The fourth-order valence-corrected chi connectivity index (χ4v) is 3.45. The van der Waals surface area contributed by atoms with Gasteiger partial charge in [0.2, 0.25) is 23.6 Å². The van der Waals surface area contributed by atoms with Crippen molar-refractivity contribution < 1.29 is 34.2 Å². The lowest BCUT2D eigenvalue weighted by Gasteiger charge is -2.23. The highest BCUT2D eigenvalue weighted by atomic mass is 16.4. The number of carboxylic acid groups (broad SMARTS) is 1. The van der Waals surface area contributed by atoms with E-state index in [9.17, 15) is 34.2 Å². The van der Waals surface area contributed by atoms with Gasteiger partial charge in [-0.25, -0.2) is 4.79 Å². The van der Waals surface area contributed by atoms with Crippen molar-refractivity contribution in [1.82, 2.24) is 21.3 Å². The van der Waals surface area contributed by atoms with Crippen molar-refractivity contribution in [1.29, 1.82) is 0 Å². The summed E-state index contributed by atoms with van der Waals surface area (Å²) in [5.74, 6) is -4.15. The van der Waals surface area contributed by atoms with Gasteiger partial charge in [0.15, 0.2) is 6.04 Å². The molecule has 8 N–H and O–H groups in total. The summed E-state index contributed by atoms with van der Waals surface area (Å²) in [6, 6.07) is 14.2. The van der Waals surface area contributed by atoms with E-state index in [1.165, 1.54) is 6.92 Å². The summed E-state index contributed by atoms with van der Waals surface area (Å²) in [7, 11) is 0. The lowest BCUT2D eigenvalue weighted by atomic mass is 10.0. The maximum atomic E-state index is 12.8. The molecule has 4 amide bonds. The van der Waals surface area contributed by atoms with Crippen LogP contribution in [0.3, 0.4) is 0 Å². The number of nitrogens with two attached hydrogens (primary N) is 1. The molecule has 0 aliphatic carbocycles. The van der Waals surface area contributed by atoms with Crippen LogP contribution in [0.15, 0.2) is 60.7 Å². The van der Waals surface area contributed by atoms with Gasteiger partial charge in [-0.3, -0.25) is 19.2 Å². The van der Waals surface area contributed by atoms with E-state index in [4.69, 9.17) is 5.73 Å². The monoisotopic (exact) mass is 527 g/mol. The molecule has 0 unspecified atom stereocenters. The molecule has 204 valence electrons. The van der Waals surface area contributed by atoms with E-state index in [-0.39, 0.29) is 6.42 Å². The summed E-state index contributed by atoms with van der Waals surface area (Å²) in [5, 5.41) is 28.3. The van der Waals surface area contributed by atoms with Gasteiger partial charge >= 0.3 is 5.97 Å². The minimum atomic E-state index is -1.57. The summed E-state index contributed by atoms with van der Waals surface area (Å²) in [4.78, 5) is 60.9. The third-order valence-corrected chi connectivity index (χ3v) is 5.49. The number of amides is 4. The molecule has 0 spiro atoms. The predicted molar refractivity (Wildman–Crippen MR) is 137 cm³/mol. The average molecular weight is 528 g/mol. The van der Waals surface area contributed by atoms with Crippen LogP contribution in [-0.4, -0.2) is 77.1 Å². The van der Waals surface area contributed by atoms with E-state index in [1.807, 2.05) is 30.3 Å². The third-order valence-electron chi connectivity index (χ3n) is 5.49. The lowest BCUT2D eigenvalue weighted by molar-refractivity contribution is -0.145. The summed E-state index contributed by atoms with van der Waals surface area (Å²) >= 11 is 0. The zero-order valence-corrected chi connectivity index (χ0v) is 20.9. The Labute approximate surface area is 220 Å². The van der Waals surface area contributed by atoms with Gasteiger partial charge in [-0.15, -0.1) is 0 Å². The molecule has 2 aromatic rings. The first-order valence-electron chi connectivity index (χ1n) is 11.9. The Morgan fingerprint density at radius 3 is 1.82 bits per heavy atom. The van der Waals surface area contributed by atoms with E-state index in [0.29, 0.717) is 12.0 Å². The van der Waals surface area contributed by atoms with Crippen LogP contribution in [0.1, 0.15) is 18.1 Å². The molecular formula is C26H33N5O7. The number of nitrogens with one attached hydrogen (secondary N) is 4. The topological polar surface area (TPSA) is 200 Å². The zero-order chi connectivity index (χ0) is 28.1. The minimum absolute atomic E-state index is 0.0356. The molecule has 12 heteroatoms. The van der Waals surface area contributed by atoms with Crippen LogP contribution in [0.4, 0.5) is 0 Å². The SMILES string of the molecule is C[C@@H](O)[C@H](NC(=O)[C@H](Cc1ccccc1)NC(=O)CNC(=O)CNC(=O)[C@@H](N)Cc1ccccc1)C(=O)O. The quantitative estimate of drug-likeness (QED) is 0.153. The zero-order valence-electron chi connectivity index (χ0n) is 20.9. The molecule has 0 saturated heterocycles. The second-order valence-electron chi connectivity index (χ2n) is 8.67. The molecule has 12 nitrogen and oxygen atoms in total. The van der Waals surface area contributed by atoms with Crippen LogP contribution in [0, 0.1) is 0 Å². The molecular weight excluding hydrogens is 494 g/mol. The molecule has 0 aliphatic heterocycles. The number of hydrogen-bond acceptors (Lipinski definition) is 7. The summed E-state index contributed by atoms with van der Waals surface area (Å²) in [6.45, 7) is 0.312. The van der Waals surface area contributed by atoms with E-state index in [0.717, 1.165) is 5.56 Å². The number of rotatable bonds is 14. The predicted octanol–water partition coefficient (Wildman–Crippen LogP) is -1.53. The summed E-state index contributed by atoms with van der Waals surface area (Å²) in [5.41, 5.74) is 7.44. The number of aliphatic hydroxyl groups is 1. The third kappa shape index (κ3) is 10.4. The van der Waals surface area contributed by atoms with Crippen molar-refractivity contribution in [2.75, 3.05) is 13.1 Å². The number of carbonyl (C=O) groups excluding carboxylic acids is 4. The normalized spacial score (nSPS) is 13.8. The average Bonchev–Trinajstić information content (AvgIpc) is 2.89. The van der Waals surface area contributed by atoms with E-state index in [1.54, 1.807) is 30.3 Å². The van der Waals surface area contributed by atoms with Gasteiger partial charge in [0.25, 0.3) is 0 Å². The Morgan fingerprint density at radius 2 is 1.29 bits per heavy atom. The molecule has 0 bridgehead atoms. The van der Waals surface area contributed by atoms with Gasteiger partial charge in [-0.2, -0.15) is 0 Å². The second-order valence-corrected chi connectivity index (χ2v) is 8.67. The van der Waals surface area contributed by atoms with Crippen LogP contribution < -0.4 is 27.0 Å². The first kappa shape index (κ1) is 29.9. The molecule has 0 aromatic heterocycles. The molecule has 2 aromatic carbocycles. The largest absolute Gasteiger partial charge is 0.480 e. The van der Waals surface area contributed by atoms with Crippen LogP contribution in [-0.2, 0) is 36.8 Å². The number of benzene rings is 2. The molecule has 4 atom stereocenters. The van der Waals surface area contributed by atoms with Gasteiger partial charge in [0.05, 0.1) is 25.2 Å². The number of carbonyl (C=O) groups is 5. The molecule has 2 rings (SSSR count). The molecule has 0 saturated carbocycles. The highest BCUT2D eigenvalue weighted by Crippen LogP contribution is 2.05. The summed E-state index contributed by atoms with van der Waals surface area (Å²) in [6.07, 6.45) is -1.05. The maximum absolute atomic E-state index is 12.8. The van der Waals surface area contributed by atoms with Crippen LogP contribution in [0.5, 0.6) is 0 Å².